The zero-order valence-electron chi connectivity index (χ0n) is 19.1. The monoisotopic (exact) mass is 446 g/mol. The molecule has 3 heterocycles. The molecule has 10 nitrogen and oxygen atoms in total. The van der Waals surface area contributed by atoms with Crippen LogP contribution < -0.4 is 0 Å². The number of carboxylic acid groups (broad SMARTS) is 1. The van der Waals surface area contributed by atoms with Gasteiger partial charge in [0.1, 0.15) is 5.69 Å². The van der Waals surface area contributed by atoms with Crippen molar-refractivity contribution in [3.63, 3.8) is 0 Å². The zero-order chi connectivity index (χ0) is 23.5. The maximum Gasteiger partial charge on any atom is 0.327 e. The van der Waals surface area contributed by atoms with Crippen molar-refractivity contribution in [2.45, 2.75) is 47.1 Å². The van der Waals surface area contributed by atoms with E-state index in [1.807, 2.05) is 13.1 Å². The van der Waals surface area contributed by atoms with Gasteiger partial charge in [-0.2, -0.15) is 15.3 Å². The number of aliphatic carboxylic acids is 1. The molecule has 0 spiro atoms. The second-order valence-corrected chi connectivity index (χ2v) is 8.26. The first-order chi connectivity index (χ1) is 15.8. The lowest BCUT2D eigenvalue weighted by Crippen LogP contribution is -2.21. The lowest BCUT2D eigenvalue weighted by Gasteiger charge is -2.11. The van der Waals surface area contributed by atoms with Crippen LogP contribution in [-0.2, 0) is 11.3 Å². The van der Waals surface area contributed by atoms with E-state index in [2.05, 4.69) is 63.4 Å². The van der Waals surface area contributed by atoms with Crippen LogP contribution in [0.15, 0.2) is 40.9 Å². The summed E-state index contributed by atoms with van der Waals surface area (Å²) >= 11 is 0. The van der Waals surface area contributed by atoms with Gasteiger partial charge in [-0.25, -0.2) is 14.6 Å². The van der Waals surface area contributed by atoms with Crippen molar-refractivity contribution >= 4 is 17.4 Å². The summed E-state index contributed by atoms with van der Waals surface area (Å²) < 4.78 is 1.77. The van der Waals surface area contributed by atoms with Crippen LogP contribution in [-0.4, -0.2) is 59.1 Å². The summed E-state index contributed by atoms with van der Waals surface area (Å²) in [5.74, 6) is -0.535. The average molecular weight is 447 g/mol. The molecular weight excluding hydrogens is 420 g/mol. The Morgan fingerprint density at radius 3 is 2.39 bits per heavy atom. The molecule has 0 fully saturated rings. The minimum Gasteiger partial charge on any atom is -0.480 e. The van der Waals surface area contributed by atoms with Gasteiger partial charge in [0.05, 0.1) is 18.5 Å². The number of hydrogen-bond acceptors (Lipinski definition) is 8. The topological polar surface area (TPSA) is 122 Å². The normalized spacial score (nSPS) is 14.0. The quantitative estimate of drug-likeness (QED) is 0.618. The lowest BCUT2D eigenvalue weighted by molar-refractivity contribution is -0.138. The summed E-state index contributed by atoms with van der Waals surface area (Å²) in [7, 11) is 0. The molecule has 0 amide bonds. The molecule has 1 aromatic carbocycles. The first-order valence-electron chi connectivity index (χ1n) is 10.7. The Bertz CT molecular complexity index is 1220. The molecule has 2 aromatic heterocycles. The second-order valence-electron chi connectivity index (χ2n) is 8.26. The number of aryl methyl sites for hydroxylation is 2. The fraction of sp³-hybridized carbons (Fsp3) is 0.348. The van der Waals surface area contributed by atoms with Crippen molar-refractivity contribution in [1.29, 1.82) is 0 Å². The average Bonchev–Trinajstić information content (AvgIpc) is 3.14. The first kappa shape index (κ1) is 22.3. The Morgan fingerprint density at radius 2 is 1.73 bits per heavy atom. The molecule has 0 saturated carbocycles. The molecule has 0 radical (unpaired) electrons. The minimum absolute atomic E-state index is 0.303. The number of rotatable bonds is 6. The number of benzene rings is 1. The van der Waals surface area contributed by atoms with Crippen LogP contribution >= 0.6 is 0 Å². The molecule has 1 aliphatic rings. The van der Waals surface area contributed by atoms with Crippen LogP contribution in [0.5, 0.6) is 0 Å². The number of carboxylic acids is 1. The Morgan fingerprint density at radius 1 is 1.03 bits per heavy atom. The second kappa shape index (κ2) is 9.27. The van der Waals surface area contributed by atoms with Gasteiger partial charge in [0.15, 0.2) is 12.4 Å². The van der Waals surface area contributed by atoms with Gasteiger partial charge in [-0.05, 0) is 62.8 Å². The standard InChI is InChI=1S/C23H26N8O2/c1-14-7-18(8-15(2)17(14)4)11-30-12-21(26-29-30)23-24-9-19(10-25-23)20-6-5-16(3)27-31(28-20)13-22(32)33/h7-10,12H,5-6,11,13H2,1-4H3,(H,32,33). The van der Waals surface area contributed by atoms with Gasteiger partial charge in [-0.15, -0.1) is 5.10 Å². The third-order valence-electron chi connectivity index (χ3n) is 5.61. The number of carbonyl (C=O) groups is 1. The number of aromatic nitrogens is 5. The largest absolute Gasteiger partial charge is 0.480 e. The highest BCUT2D eigenvalue weighted by molar-refractivity contribution is 6.02. The first-order valence-corrected chi connectivity index (χ1v) is 10.7. The molecular formula is C23H26N8O2. The van der Waals surface area contributed by atoms with E-state index >= 15 is 0 Å². The highest BCUT2D eigenvalue weighted by Crippen LogP contribution is 2.18. The Kier molecular flexibility index (Phi) is 6.25. The lowest BCUT2D eigenvalue weighted by atomic mass is 10.0. The summed E-state index contributed by atoms with van der Waals surface area (Å²) in [6.45, 7) is 8.52. The Hall–Kier alpha value is -3.95. The number of hydrazone groups is 2. The van der Waals surface area contributed by atoms with Gasteiger partial charge in [0, 0.05) is 23.7 Å². The van der Waals surface area contributed by atoms with E-state index in [1.54, 1.807) is 17.1 Å². The van der Waals surface area contributed by atoms with Gasteiger partial charge >= 0.3 is 5.97 Å². The van der Waals surface area contributed by atoms with Gasteiger partial charge in [-0.1, -0.05) is 17.3 Å². The Labute approximate surface area is 191 Å². The van der Waals surface area contributed by atoms with Crippen LogP contribution in [0, 0.1) is 20.8 Å². The Balaban J connectivity index is 1.50. The van der Waals surface area contributed by atoms with Crippen molar-refractivity contribution in [3.8, 4) is 11.5 Å². The number of nitrogens with zero attached hydrogens (tertiary/aromatic N) is 8. The van der Waals surface area contributed by atoms with Crippen LogP contribution in [0.3, 0.4) is 0 Å². The molecule has 4 rings (SSSR count). The van der Waals surface area contributed by atoms with Crippen molar-refractivity contribution < 1.29 is 9.90 Å². The van der Waals surface area contributed by atoms with E-state index in [0.29, 0.717) is 36.6 Å². The van der Waals surface area contributed by atoms with Crippen molar-refractivity contribution in [2.75, 3.05) is 6.54 Å². The molecule has 0 atom stereocenters. The summed E-state index contributed by atoms with van der Waals surface area (Å²) in [5.41, 5.74) is 7.80. The van der Waals surface area contributed by atoms with Gasteiger partial charge in [0.25, 0.3) is 0 Å². The molecule has 0 bridgehead atoms. The van der Waals surface area contributed by atoms with Crippen molar-refractivity contribution in [1.82, 2.24) is 30.1 Å². The minimum atomic E-state index is -0.998. The van der Waals surface area contributed by atoms with E-state index in [1.165, 1.54) is 21.8 Å². The van der Waals surface area contributed by atoms with Crippen molar-refractivity contribution in [3.05, 3.63) is 58.5 Å². The predicted molar refractivity (Wildman–Crippen MR) is 124 cm³/mol. The maximum atomic E-state index is 11.1. The van der Waals surface area contributed by atoms with Crippen LogP contribution in [0.25, 0.3) is 11.5 Å². The van der Waals surface area contributed by atoms with E-state index in [4.69, 9.17) is 5.11 Å². The van der Waals surface area contributed by atoms with E-state index in [-0.39, 0.29) is 6.54 Å². The molecule has 170 valence electrons. The van der Waals surface area contributed by atoms with E-state index in [9.17, 15) is 4.79 Å². The van der Waals surface area contributed by atoms with Gasteiger partial charge in [-0.3, -0.25) is 4.79 Å². The highest BCUT2D eigenvalue weighted by Gasteiger charge is 2.16. The van der Waals surface area contributed by atoms with Crippen molar-refractivity contribution in [2.24, 2.45) is 10.2 Å². The molecule has 1 aliphatic heterocycles. The fourth-order valence-electron chi connectivity index (χ4n) is 3.64. The van der Waals surface area contributed by atoms with E-state index < -0.39 is 5.97 Å². The summed E-state index contributed by atoms with van der Waals surface area (Å²) in [4.78, 5) is 20.0. The van der Waals surface area contributed by atoms with Crippen LogP contribution in [0.2, 0.25) is 0 Å². The third-order valence-corrected chi connectivity index (χ3v) is 5.61. The van der Waals surface area contributed by atoms with Crippen LogP contribution in [0.1, 0.15) is 47.6 Å². The number of hydrogen-bond donors (Lipinski definition) is 1. The van der Waals surface area contributed by atoms with Gasteiger partial charge in [0.2, 0.25) is 0 Å². The molecule has 10 heteroatoms. The third kappa shape index (κ3) is 5.28. The molecule has 0 saturated heterocycles. The molecule has 3 aromatic rings. The molecule has 0 aliphatic carbocycles. The summed E-state index contributed by atoms with van der Waals surface area (Å²) in [6, 6.07) is 4.34. The molecule has 0 unspecified atom stereocenters. The predicted octanol–water partition coefficient (Wildman–Crippen LogP) is 2.97. The molecule has 33 heavy (non-hydrogen) atoms. The van der Waals surface area contributed by atoms with Crippen LogP contribution in [0.4, 0.5) is 0 Å². The highest BCUT2D eigenvalue weighted by atomic mass is 16.4. The SMILES string of the molecule is CC1=NN(CC(=O)O)N=C(c2cnc(-c3cn(Cc4cc(C)c(C)c(C)c4)nn3)nc2)CC1. The van der Waals surface area contributed by atoms with Gasteiger partial charge < -0.3 is 5.11 Å². The zero-order valence-corrected chi connectivity index (χ0v) is 19.1. The molecule has 1 N–H and O–H groups in total. The smallest absolute Gasteiger partial charge is 0.327 e. The summed E-state index contributed by atoms with van der Waals surface area (Å²) in [6.07, 6.45) is 6.48. The maximum absolute atomic E-state index is 11.1. The van der Waals surface area contributed by atoms with E-state index in [0.717, 1.165) is 16.8 Å². The fourth-order valence-corrected chi connectivity index (χ4v) is 3.64. The summed E-state index contributed by atoms with van der Waals surface area (Å²) in [5, 5.41) is 27.3.